The maximum absolute atomic E-state index is 12.8. The molecule has 0 saturated heterocycles. The molecule has 9 nitrogen and oxygen atoms in total. The topological polar surface area (TPSA) is 120 Å². The number of hydrogen-bond donors (Lipinski definition) is 1. The van der Waals surface area contributed by atoms with Crippen molar-refractivity contribution < 1.29 is 33.4 Å². The van der Waals surface area contributed by atoms with Crippen molar-refractivity contribution in [2.75, 3.05) is 20.8 Å². The number of amides is 1. The molecule has 156 valence electrons. The Morgan fingerprint density at radius 2 is 1.61 bits per heavy atom. The molecule has 1 aliphatic rings. The van der Waals surface area contributed by atoms with Crippen LogP contribution in [-0.2, 0) is 33.4 Å². The molecule has 3 atom stereocenters. The fourth-order valence-electron chi connectivity index (χ4n) is 2.79. The third-order valence-corrected chi connectivity index (χ3v) is 4.68. The number of carbonyl (C=O) groups excluding carboxylic acids is 4. The summed E-state index contributed by atoms with van der Waals surface area (Å²) < 4.78 is 14.6. The maximum Gasteiger partial charge on any atom is 0.336 e. The molecule has 0 radical (unpaired) electrons. The zero-order valence-corrected chi connectivity index (χ0v) is 17.3. The fraction of sp³-hybridized carbons (Fsp3) is 0.632. The highest BCUT2D eigenvalue weighted by Gasteiger charge is 2.46. The Kier molecular flexibility index (Phi) is 8.34. The van der Waals surface area contributed by atoms with Gasteiger partial charge < -0.3 is 19.5 Å². The minimum atomic E-state index is -1.31. The van der Waals surface area contributed by atoms with E-state index in [4.69, 9.17) is 14.2 Å². The van der Waals surface area contributed by atoms with Gasteiger partial charge in [-0.25, -0.2) is 4.79 Å². The van der Waals surface area contributed by atoms with E-state index in [9.17, 15) is 19.2 Å². The van der Waals surface area contributed by atoms with E-state index in [0.717, 1.165) is 7.11 Å². The van der Waals surface area contributed by atoms with Crippen molar-refractivity contribution in [3.63, 3.8) is 0 Å². The van der Waals surface area contributed by atoms with Crippen LogP contribution in [0.15, 0.2) is 16.3 Å². The quantitative estimate of drug-likeness (QED) is 0.504. The minimum absolute atomic E-state index is 0.0931. The number of ether oxygens (including phenoxy) is 3. The lowest BCUT2D eigenvalue weighted by atomic mass is 9.80. The van der Waals surface area contributed by atoms with E-state index in [1.165, 1.54) is 14.0 Å². The highest BCUT2D eigenvalue weighted by atomic mass is 16.5. The highest BCUT2D eigenvalue weighted by Crippen LogP contribution is 2.33. The molecule has 1 N–H and O–H groups in total. The second-order valence-electron chi connectivity index (χ2n) is 6.93. The molecule has 1 unspecified atom stereocenters. The van der Waals surface area contributed by atoms with Gasteiger partial charge in [-0.2, -0.15) is 0 Å². The van der Waals surface area contributed by atoms with E-state index in [1.807, 2.05) is 20.8 Å². The van der Waals surface area contributed by atoms with Gasteiger partial charge in [0.05, 0.1) is 19.8 Å². The van der Waals surface area contributed by atoms with Gasteiger partial charge in [-0.15, -0.1) is 0 Å². The number of esters is 3. The maximum atomic E-state index is 12.8. The van der Waals surface area contributed by atoms with Gasteiger partial charge in [-0.3, -0.25) is 19.4 Å². The molecular formula is C19H28N2O7. The van der Waals surface area contributed by atoms with Crippen LogP contribution in [0.25, 0.3) is 0 Å². The number of rotatable bonds is 7. The van der Waals surface area contributed by atoms with E-state index in [0.29, 0.717) is 5.71 Å². The average Bonchev–Trinajstić information content (AvgIpc) is 2.64. The number of allylic oxidation sites excluding steroid dienone is 1. The van der Waals surface area contributed by atoms with Gasteiger partial charge in [-0.1, -0.05) is 13.8 Å². The van der Waals surface area contributed by atoms with Crippen LogP contribution in [0.2, 0.25) is 0 Å². The summed E-state index contributed by atoms with van der Waals surface area (Å²) in [4.78, 5) is 53.4. The van der Waals surface area contributed by atoms with E-state index >= 15 is 0 Å². The fourth-order valence-corrected chi connectivity index (χ4v) is 2.79. The van der Waals surface area contributed by atoms with Gasteiger partial charge in [0, 0.05) is 17.5 Å². The summed E-state index contributed by atoms with van der Waals surface area (Å²) >= 11 is 0. The average molecular weight is 396 g/mol. The van der Waals surface area contributed by atoms with Gasteiger partial charge in [0.1, 0.15) is 11.8 Å². The second-order valence-corrected chi connectivity index (χ2v) is 6.93. The first kappa shape index (κ1) is 23.3. The largest absolute Gasteiger partial charge is 0.468 e. The molecule has 0 aromatic rings. The third kappa shape index (κ3) is 5.40. The number of methoxy groups -OCH3 is 2. The van der Waals surface area contributed by atoms with Crippen LogP contribution in [0.4, 0.5) is 0 Å². The number of carbonyl (C=O) groups is 4. The predicted octanol–water partition coefficient (Wildman–Crippen LogP) is 1.02. The molecule has 0 spiro atoms. The van der Waals surface area contributed by atoms with E-state index < -0.39 is 42.3 Å². The summed E-state index contributed by atoms with van der Waals surface area (Å²) in [5.41, 5.74) is 0.450. The van der Waals surface area contributed by atoms with E-state index in [1.54, 1.807) is 6.92 Å². The summed E-state index contributed by atoms with van der Waals surface area (Å²) in [5.74, 6) is -5.18. The molecule has 1 rings (SSSR count). The first-order valence-electron chi connectivity index (χ1n) is 8.93. The smallest absolute Gasteiger partial charge is 0.336 e. The van der Waals surface area contributed by atoms with Gasteiger partial charge in [0.15, 0.2) is 6.61 Å². The van der Waals surface area contributed by atoms with Crippen molar-refractivity contribution in [3.8, 4) is 0 Å². The monoisotopic (exact) mass is 396 g/mol. The lowest BCUT2D eigenvalue weighted by Gasteiger charge is -2.29. The Labute approximate surface area is 164 Å². The molecular weight excluding hydrogens is 368 g/mol. The number of nitrogens with zero attached hydrogens (tertiary/aromatic N) is 1. The molecule has 0 aromatic heterocycles. The number of nitrogens with one attached hydrogen (secondary N) is 1. The second kappa shape index (κ2) is 10.0. The first-order chi connectivity index (χ1) is 13.0. The molecule has 0 aromatic carbocycles. The Morgan fingerprint density at radius 1 is 1.00 bits per heavy atom. The molecule has 28 heavy (non-hydrogen) atoms. The standard InChI is InChI=1S/C19H28N2O7/c1-9(2)10(3)21-13(22)8-28-19(25)16-14(17(23)26-6)11(4)20-12(5)15(16)18(24)27-7/h9-10,14,16H,8H2,1-7H3,(H,21,22)/t10-,14?,16+/m1/s1. The molecule has 1 heterocycles. The Balaban J connectivity index is 3.10. The number of aliphatic imine (C=N–C) groups is 1. The van der Waals surface area contributed by atoms with Crippen molar-refractivity contribution in [2.45, 2.75) is 40.7 Å². The summed E-state index contributed by atoms with van der Waals surface area (Å²) in [7, 11) is 2.33. The SMILES string of the molecule is COC(=O)C1=C(C)N=C(C)C(C(=O)OC)[C@@H]1C(=O)OCC(=O)N[C@H](C)C(C)C. The van der Waals surface area contributed by atoms with Crippen molar-refractivity contribution in [2.24, 2.45) is 22.7 Å². The molecule has 0 fully saturated rings. The molecule has 9 heteroatoms. The lowest BCUT2D eigenvalue weighted by Crippen LogP contribution is -2.44. The van der Waals surface area contributed by atoms with Crippen LogP contribution in [-0.4, -0.2) is 56.4 Å². The molecule has 0 bridgehead atoms. The molecule has 0 saturated carbocycles. The zero-order chi connectivity index (χ0) is 21.6. The minimum Gasteiger partial charge on any atom is -0.468 e. The lowest BCUT2D eigenvalue weighted by molar-refractivity contribution is -0.158. The van der Waals surface area contributed by atoms with Gasteiger partial charge >= 0.3 is 17.9 Å². The van der Waals surface area contributed by atoms with E-state index in [-0.39, 0.29) is 23.2 Å². The Hall–Kier alpha value is -2.71. The predicted molar refractivity (Wildman–Crippen MR) is 100 cm³/mol. The summed E-state index contributed by atoms with van der Waals surface area (Å²) in [5, 5.41) is 2.71. The number of hydrogen-bond acceptors (Lipinski definition) is 8. The highest BCUT2D eigenvalue weighted by molar-refractivity contribution is 6.10. The van der Waals surface area contributed by atoms with Gasteiger partial charge in [0.25, 0.3) is 5.91 Å². The van der Waals surface area contributed by atoms with Crippen LogP contribution in [0.1, 0.15) is 34.6 Å². The third-order valence-electron chi connectivity index (χ3n) is 4.68. The van der Waals surface area contributed by atoms with Crippen molar-refractivity contribution in [1.82, 2.24) is 5.32 Å². The zero-order valence-electron chi connectivity index (χ0n) is 17.3. The summed E-state index contributed by atoms with van der Waals surface area (Å²) in [6, 6.07) is -0.106. The van der Waals surface area contributed by atoms with Gasteiger partial charge in [0.2, 0.25) is 0 Å². The van der Waals surface area contributed by atoms with E-state index in [2.05, 4.69) is 10.3 Å². The first-order valence-corrected chi connectivity index (χ1v) is 8.93. The van der Waals surface area contributed by atoms with Crippen LogP contribution in [0, 0.1) is 17.8 Å². The van der Waals surface area contributed by atoms with Crippen LogP contribution >= 0.6 is 0 Å². The van der Waals surface area contributed by atoms with Crippen LogP contribution in [0.5, 0.6) is 0 Å². The summed E-state index contributed by atoms with van der Waals surface area (Å²) in [6.07, 6.45) is 0. The van der Waals surface area contributed by atoms with Crippen LogP contribution < -0.4 is 5.32 Å². The van der Waals surface area contributed by atoms with Gasteiger partial charge in [-0.05, 0) is 26.7 Å². The van der Waals surface area contributed by atoms with Crippen molar-refractivity contribution in [3.05, 3.63) is 11.3 Å². The molecule has 1 amide bonds. The molecule has 1 aliphatic heterocycles. The Morgan fingerprint density at radius 3 is 2.11 bits per heavy atom. The van der Waals surface area contributed by atoms with Crippen molar-refractivity contribution in [1.29, 1.82) is 0 Å². The van der Waals surface area contributed by atoms with Crippen LogP contribution in [0.3, 0.4) is 0 Å². The van der Waals surface area contributed by atoms with Crippen molar-refractivity contribution >= 4 is 29.5 Å². The molecule has 0 aliphatic carbocycles. The normalized spacial score (nSPS) is 20.2. The Bertz CT molecular complexity index is 709. The summed E-state index contributed by atoms with van der Waals surface area (Å²) in [6.45, 7) is 8.26.